The van der Waals surface area contributed by atoms with Crippen LogP contribution < -0.4 is 0 Å². The van der Waals surface area contributed by atoms with Gasteiger partial charge in [0, 0.05) is 26.6 Å². The van der Waals surface area contributed by atoms with Crippen molar-refractivity contribution in [3.63, 3.8) is 0 Å². The molecule has 0 spiro atoms. The summed E-state index contributed by atoms with van der Waals surface area (Å²) < 4.78 is 6.53. The first-order valence-electron chi connectivity index (χ1n) is 6.68. The number of hydrogen-bond acceptors (Lipinski definition) is 5. The molecule has 2 unspecified atom stereocenters. The van der Waals surface area contributed by atoms with Gasteiger partial charge in [-0.15, -0.1) is 0 Å². The fourth-order valence-corrected chi connectivity index (χ4v) is 2.97. The summed E-state index contributed by atoms with van der Waals surface area (Å²) in [7, 11) is 3.19. The van der Waals surface area contributed by atoms with Gasteiger partial charge in [-0.1, -0.05) is 18.5 Å². The van der Waals surface area contributed by atoms with Crippen LogP contribution in [-0.2, 0) is 29.5 Å². The fourth-order valence-electron chi connectivity index (χ4n) is 2.62. The van der Waals surface area contributed by atoms with Crippen LogP contribution in [-0.4, -0.2) is 51.6 Å². The number of aliphatic hydroxyl groups excluding tert-OH is 1. The SMILES string of the molecule is CCc1nn(C)c(CN2CC(O)CC2C(=O)OC)c1Cl. The highest BCUT2D eigenvalue weighted by molar-refractivity contribution is 6.31. The number of carbonyl (C=O) groups is 1. The van der Waals surface area contributed by atoms with Crippen molar-refractivity contribution in [2.75, 3.05) is 13.7 Å². The number of hydrogen-bond donors (Lipinski definition) is 1. The second kappa shape index (κ2) is 6.11. The highest BCUT2D eigenvalue weighted by Crippen LogP contribution is 2.26. The Kier molecular flexibility index (Phi) is 4.67. The number of aromatic nitrogens is 2. The van der Waals surface area contributed by atoms with Crippen LogP contribution in [0.2, 0.25) is 5.02 Å². The number of aliphatic hydroxyl groups is 1. The maximum Gasteiger partial charge on any atom is 0.323 e. The predicted octanol–water partition coefficient (Wildman–Crippen LogP) is 0.744. The Hall–Kier alpha value is -1.11. The molecule has 0 aliphatic carbocycles. The van der Waals surface area contributed by atoms with Gasteiger partial charge in [-0.25, -0.2) is 0 Å². The molecule has 20 heavy (non-hydrogen) atoms. The molecule has 1 N–H and O–H groups in total. The largest absolute Gasteiger partial charge is 0.468 e. The van der Waals surface area contributed by atoms with Gasteiger partial charge in [0.2, 0.25) is 0 Å². The summed E-state index contributed by atoms with van der Waals surface area (Å²) >= 11 is 6.32. The zero-order chi connectivity index (χ0) is 14.9. The minimum atomic E-state index is -0.517. The second-order valence-corrected chi connectivity index (χ2v) is 5.42. The zero-order valence-electron chi connectivity index (χ0n) is 12.0. The van der Waals surface area contributed by atoms with Crippen molar-refractivity contribution >= 4 is 17.6 Å². The molecule has 0 amide bonds. The molecular weight excluding hydrogens is 282 g/mol. The van der Waals surface area contributed by atoms with Gasteiger partial charge in [0.15, 0.2) is 0 Å². The van der Waals surface area contributed by atoms with E-state index in [2.05, 4.69) is 5.10 Å². The van der Waals surface area contributed by atoms with E-state index in [0.29, 0.717) is 24.5 Å². The molecule has 0 aromatic carbocycles. The van der Waals surface area contributed by atoms with Crippen LogP contribution in [0.25, 0.3) is 0 Å². The predicted molar refractivity (Wildman–Crippen MR) is 74.4 cm³/mol. The van der Waals surface area contributed by atoms with E-state index in [-0.39, 0.29) is 5.97 Å². The van der Waals surface area contributed by atoms with Gasteiger partial charge in [-0.2, -0.15) is 5.10 Å². The number of nitrogens with zero attached hydrogens (tertiary/aromatic N) is 3. The molecule has 0 radical (unpaired) electrons. The van der Waals surface area contributed by atoms with Gasteiger partial charge >= 0.3 is 5.97 Å². The Bertz CT molecular complexity index is 503. The van der Waals surface area contributed by atoms with E-state index in [4.69, 9.17) is 16.3 Å². The summed E-state index contributed by atoms with van der Waals surface area (Å²) in [5.41, 5.74) is 1.70. The number of ether oxygens (including phenoxy) is 1. The molecule has 7 heteroatoms. The summed E-state index contributed by atoms with van der Waals surface area (Å²) in [5, 5.41) is 14.8. The summed E-state index contributed by atoms with van der Waals surface area (Å²) in [6, 6.07) is -0.425. The minimum Gasteiger partial charge on any atom is -0.468 e. The van der Waals surface area contributed by atoms with E-state index in [0.717, 1.165) is 17.8 Å². The Morgan fingerprint density at radius 1 is 1.60 bits per heavy atom. The number of aryl methyl sites for hydroxylation is 2. The number of likely N-dealkylation sites (tertiary alicyclic amines) is 1. The van der Waals surface area contributed by atoms with Crippen molar-refractivity contribution in [1.82, 2.24) is 14.7 Å². The second-order valence-electron chi connectivity index (χ2n) is 5.04. The number of carbonyl (C=O) groups excluding carboxylic acids is 1. The molecule has 112 valence electrons. The molecule has 2 atom stereocenters. The molecule has 1 saturated heterocycles. The van der Waals surface area contributed by atoms with Crippen LogP contribution in [0.5, 0.6) is 0 Å². The van der Waals surface area contributed by atoms with Crippen LogP contribution in [0.3, 0.4) is 0 Å². The van der Waals surface area contributed by atoms with Crippen molar-refractivity contribution in [1.29, 1.82) is 0 Å². The van der Waals surface area contributed by atoms with Crippen LogP contribution in [0.4, 0.5) is 0 Å². The fraction of sp³-hybridized carbons (Fsp3) is 0.692. The van der Waals surface area contributed by atoms with Gasteiger partial charge in [0.1, 0.15) is 6.04 Å². The van der Waals surface area contributed by atoms with E-state index in [1.54, 1.807) is 4.68 Å². The lowest BCUT2D eigenvalue weighted by Crippen LogP contribution is -2.36. The molecule has 2 rings (SSSR count). The molecule has 0 saturated carbocycles. The molecule has 1 aromatic rings. The van der Waals surface area contributed by atoms with Crippen LogP contribution in [0.15, 0.2) is 0 Å². The van der Waals surface area contributed by atoms with Gasteiger partial charge < -0.3 is 9.84 Å². The Balaban J connectivity index is 2.20. The highest BCUT2D eigenvalue weighted by Gasteiger charge is 2.37. The molecule has 6 nitrogen and oxygen atoms in total. The Morgan fingerprint density at radius 2 is 2.30 bits per heavy atom. The van der Waals surface area contributed by atoms with E-state index in [1.165, 1.54) is 7.11 Å². The summed E-state index contributed by atoms with van der Waals surface area (Å²) in [4.78, 5) is 13.6. The molecule has 2 heterocycles. The molecule has 1 aliphatic rings. The number of esters is 1. The van der Waals surface area contributed by atoms with Crippen LogP contribution >= 0.6 is 11.6 Å². The third-order valence-corrected chi connectivity index (χ3v) is 4.15. The third kappa shape index (κ3) is 2.82. The summed E-state index contributed by atoms with van der Waals surface area (Å²) in [6.07, 6.45) is 0.634. The zero-order valence-corrected chi connectivity index (χ0v) is 12.7. The Labute approximate surface area is 123 Å². The minimum absolute atomic E-state index is 0.324. The monoisotopic (exact) mass is 301 g/mol. The first kappa shape index (κ1) is 15.3. The smallest absolute Gasteiger partial charge is 0.323 e. The van der Waals surface area contributed by atoms with Gasteiger partial charge in [-0.05, 0) is 6.42 Å². The number of rotatable bonds is 4. The first-order chi connectivity index (χ1) is 9.47. The topological polar surface area (TPSA) is 67.6 Å². The van der Waals surface area contributed by atoms with Crippen molar-refractivity contribution in [2.45, 2.75) is 38.5 Å². The molecule has 1 aliphatic heterocycles. The van der Waals surface area contributed by atoms with Crippen LogP contribution in [0, 0.1) is 0 Å². The number of methoxy groups -OCH3 is 1. The molecule has 0 bridgehead atoms. The summed E-state index contributed by atoms with van der Waals surface area (Å²) in [5.74, 6) is -0.324. The van der Waals surface area contributed by atoms with Crippen molar-refractivity contribution < 1.29 is 14.6 Å². The average molecular weight is 302 g/mol. The first-order valence-corrected chi connectivity index (χ1v) is 7.05. The van der Waals surface area contributed by atoms with Crippen molar-refractivity contribution in [3.8, 4) is 0 Å². The van der Waals surface area contributed by atoms with Gasteiger partial charge in [-0.3, -0.25) is 14.4 Å². The maximum absolute atomic E-state index is 11.8. The highest BCUT2D eigenvalue weighted by atomic mass is 35.5. The summed E-state index contributed by atoms with van der Waals surface area (Å²) in [6.45, 7) is 2.90. The normalized spacial score (nSPS) is 23.2. The lowest BCUT2D eigenvalue weighted by atomic mass is 10.2. The lowest BCUT2D eigenvalue weighted by molar-refractivity contribution is -0.146. The molecular formula is C13H20ClN3O3. The maximum atomic E-state index is 11.8. The van der Waals surface area contributed by atoms with Gasteiger partial charge in [0.05, 0.1) is 29.6 Å². The van der Waals surface area contributed by atoms with Crippen molar-refractivity contribution in [2.24, 2.45) is 7.05 Å². The van der Waals surface area contributed by atoms with Crippen molar-refractivity contribution in [3.05, 3.63) is 16.4 Å². The molecule has 1 fully saturated rings. The van der Waals surface area contributed by atoms with E-state index < -0.39 is 12.1 Å². The standard InChI is InChI=1S/C13H20ClN3O3/c1-4-9-12(14)11(16(2)15-9)7-17-6-8(18)5-10(17)13(19)20-3/h8,10,18H,4-7H2,1-3H3. The number of halogens is 1. The van der Waals surface area contributed by atoms with Crippen LogP contribution in [0.1, 0.15) is 24.7 Å². The average Bonchev–Trinajstić information content (AvgIpc) is 2.92. The van der Waals surface area contributed by atoms with E-state index in [9.17, 15) is 9.90 Å². The lowest BCUT2D eigenvalue weighted by Gasteiger charge is -2.22. The van der Waals surface area contributed by atoms with E-state index >= 15 is 0 Å². The molecule has 1 aromatic heterocycles. The van der Waals surface area contributed by atoms with Gasteiger partial charge in [0.25, 0.3) is 0 Å². The Morgan fingerprint density at radius 3 is 2.85 bits per heavy atom. The number of β-amino-alcohol motifs (C(OH)–C–C–N with tert-alkyl or cyclic N) is 1. The third-order valence-electron chi connectivity index (χ3n) is 3.71. The quantitative estimate of drug-likeness (QED) is 0.831. The van der Waals surface area contributed by atoms with E-state index in [1.807, 2.05) is 18.9 Å².